The molecule has 0 radical (unpaired) electrons. The van der Waals surface area contributed by atoms with Crippen LogP contribution in [0.1, 0.15) is 78.6 Å². The SMILES string of the molecule is CC[C@H]1CC[C@H]2[C@@H]3CCC4CCC(O)(O)C(=O)[C@]4(C)[C@H]3CC[C@]12C. The third-order valence-corrected chi connectivity index (χ3v) is 9.29. The van der Waals surface area contributed by atoms with Crippen LogP contribution in [-0.2, 0) is 4.79 Å². The Balaban J connectivity index is 1.69. The minimum atomic E-state index is -2.09. The number of hydrogen-bond donors (Lipinski definition) is 2. The van der Waals surface area contributed by atoms with Gasteiger partial charge in [0.15, 0.2) is 5.78 Å². The highest BCUT2D eigenvalue weighted by atomic mass is 16.5. The molecule has 1 unspecified atom stereocenters. The second-order valence-corrected chi connectivity index (χ2v) is 9.85. The van der Waals surface area contributed by atoms with Crippen molar-refractivity contribution in [1.82, 2.24) is 0 Å². The van der Waals surface area contributed by atoms with Gasteiger partial charge in [-0.2, -0.15) is 0 Å². The second-order valence-electron chi connectivity index (χ2n) is 9.85. The zero-order chi connectivity index (χ0) is 17.3. The monoisotopic (exact) mass is 334 g/mol. The van der Waals surface area contributed by atoms with Crippen molar-refractivity contribution in [2.45, 2.75) is 84.3 Å². The van der Waals surface area contributed by atoms with Crippen LogP contribution in [0.2, 0.25) is 0 Å². The lowest BCUT2D eigenvalue weighted by Crippen LogP contribution is -2.62. The summed E-state index contributed by atoms with van der Waals surface area (Å²) in [6, 6.07) is 0. The second kappa shape index (κ2) is 5.30. The summed E-state index contributed by atoms with van der Waals surface area (Å²) in [5.41, 5.74) is -0.0668. The molecule has 4 aliphatic rings. The predicted octanol–water partition coefficient (Wildman–Crippen LogP) is 3.92. The number of Topliss-reactive ketones (excluding diaryl/α,β-unsaturated/α-hetero) is 1. The van der Waals surface area contributed by atoms with Crippen molar-refractivity contribution in [3.63, 3.8) is 0 Å². The van der Waals surface area contributed by atoms with Gasteiger partial charge in [-0.05, 0) is 80.0 Å². The summed E-state index contributed by atoms with van der Waals surface area (Å²) in [6.07, 6.45) is 9.62. The Morgan fingerprint density at radius 1 is 0.958 bits per heavy atom. The van der Waals surface area contributed by atoms with Crippen LogP contribution >= 0.6 is 0 Å². The summed E-state index contributed by atoms with van der Waals surface area (Å²) in [7, 11) is 0. The van der Waals surface area contributed by atoms with E-state index in [0.29, 0.717) is 23.2 Å². The Morgan fingerprint density at radius 2 is 1.71 bits per heavy atom. The average molecular weight is 335 g/mol. The Bertz CT molecular complexity index is 541. The van der Waals surface area contributed by atoms with Gasteiger partial charge < -0.3 is 10.2 Å². The minimum absolute atomic E-state index is 0.225. The first-order valence-corrected chi connectivity index (χ1v) is 10.2. The summed E-state index contributed by atoms with van der Waals surface area (Å²) in [5, 5.41) is 20.5. The van der Waals surface area contributed by atoms with Crippen molar-refractivity contribution in [2.24, 2.45) is 40.4 Å². The molecule has 3 heteroatoms. The van der Waals surface area contributed by atoms with Crippen LogP contribution in [0.25, 0.3) is 0 Å². The zero-order valence-electron chi connectivity index (χ0n) is 15.6. The van der Waals surface area contributed by atoms with Crippen LogP contribution < -0.4 is 0 Å². The van der Waals surface area contributed by atoms with E-state index in [2.05, 4.69) is 20.8 Å². The number of fused-ring (bicyclic) bond motifs is 5. The van der Waals surface area contributed by atoms with E-state index < -0.39 is 11.2 Å². The van der Waals surface area contributed by atoms with Gasteiger partial charge >= 0.3 is 0 Å². The fraction of sp³-hybridized carbons (Fsp3) is 0.952. The molecule has 4 aliphatic carbocycles. The zero-order valence-corrected chi connectivity index (χ0v) is 15.6. The maximum absolute atomic E-state index is 13.1. The van der Waals surface area contributed by atoms with Crippen LogP contribution in [-0.4, -0.2) is 21.8 Å². The normalized spacial score (nSPS) is 53.2. The lowest BCUT2D eigenvalue weighted by Gasteiger charge is -2.60. The largest absolute Gasteiger partial charge is 0.360 e. The van der Waals surface area contributed by atoms with Crippen LogP contribution in [0.15, 0.2) is 0 Å². The molecule has 0 aromatic carbocycles. The van der Waals surface area contributed by atoms with Gasteiger partial charge in [-0.1, -0.05) is 27.2 Å². The van der Waals surface area contributed by atoms with Crippen molar-refractivity contribution in [3.05, 3.63) is 0 Å². The van der Waals surface area contributed by atoms with E-state index in [4.69, 9.17) is 0 Å². The molecule has 0 heterocycles. The third kappa shape index (κ3) is 2.00. The van der Waals surface area contributed by atoms with Crippen LogP contribution in [0.3, 0.4) is 0 Å². The van der Waals surface area contributed by atoms with Crippen molar-refractivity contribution in [3.8, 4) is 0 Å². The van der Waals surface area contributed by atoms with Gasteiger partial charge in [0.25, 0.3) is 0 Å². The van der Waals surface area contributed by atoms with Crippen molar-refractivity contribution in [2.75, 3.05) is 0 Å². The van der Waals surface area contributed by atoms with E-state index in [1.165, 1.54) is 32.1 Å². The highest BCUT2D eigenvalue weighted by Gasteiger charge is 2.64. The van der Waals surface area contributed by atoms with Gasteiger partial charge in [-0.25, -0.2) is 0 Å². The molecule has 7 atom stereocenters. The Hall–Kier alpha value is -0.410. The molecule has 0 aromatic heterocycles. The third-order valence-electron chi connectivity index (χ3n) is 9.29. The minimum Gasteiger partial charge on any atom is -0.360 e. The van der Waals surface area contributed by atoms with Crippen LogP contribution in [0.5, 0.6) is 0 Å². The lowest BCUT2D eigenvalue weighted by molar-refractivity contribution is -0.224. The molecule has 0 aromatic rings. The van der Waals surface area contributed by atoms with E-state index in [9.17, 15) is 15.0 Å². The highest BCUT2D eigenvalue weighted by Crippen LogP contribution is 2.67. The summed E-state index contributed by atoms with van der Waals surface area (Å²) in [4.78, 5) is 13.1. The number of carbonyl (C=O) groups excluding carboxylic acids is 1. The molecule has 0 saturated heterocycles. The molecule has 136 valence electrons. The van der Waals surface area contributed by atoms with Gasteiger partial charge in [0.1, 0.15) is 0 Å². The molecular formula is C21H34O3. The van der Waals surface area contributed by atoms with E-state index in [-0.39, 0.29) is 12.2 Å². The maximum Gasteiger partial charge on any atom is 0.224 e. The average Bonchev–Trinajstić information content (AvgIpc) is 2.88. The molecule has 4 rings (SSSR count). The molecule has 3 nitrogen and oxygen atoms in total. The molecule has 24 heavy (non-hydrogen) atoms. The van der Waals surface area contributed by atoms with Gasteiger partial charge in [0, 0.05) is 11.8 Å². The fourth-order valence-corrected chi connectivity index (χ4v) is 7.93. The smallest absolute Gasteiger partial charge is 0.224 e. The van der Waals surface area contributed by atoms with Crippen LogP contribution in [0, 0.1) is 40.4 Å². The molecular weight excluding hydrogens is 300 g/mol. The van der Waals surface area contributed by atoms with E-state index in [1.807, 2.05) is 0 Å². The number of rotatable bonds is 1. The molecule has 2 N–H and O–H groups in total. The van der Waals surface area contributed by atoms with Gasteiger partial charge in [-0.15, -0.1) is 0 Å². The molecule has 0 aliphatic heterocycles. The number of carbonyl (C=O) groups is 1. The Labute approximate surface area is 146 Å². The van der Waals surface area contributed by atoms with Crippen molar-refractivity contribution < 1.29 is 15.0 Å². The first-order chi connectivity index (χ1) is 11.2. The molecule has 4 saturated carbocycles. The van der Waals surface area contributed by atoms with Crippen molar-refractivity contribution in [1.29, 1.82) is 0 Å². The Kier molecular flexibility index (Phi) is 3.76. The van der Waals surface area contributed by atoms with E-state index in [1.54, 1.807) is 0 Å². The Morgan fingerprint density at radius 3 is 2.42 bits per heavy atom. The van der Waals surface area contributed by atoms with E-state index in [0.717, 1.165) is 31.1 Å². The lowest BCUT2D eigenvalue weighted by atomic mass is 9.44. The highest BCUT2D eigenvalue weighted by molar-refractivity contribution is 5.92. The fourth-order valence-electron chi connectivity index (χ4n) is 7.93. The molecule has 0 bridgehead atoms. The summed E-state index contributed by atoms with van der Waals surface area (Å²) in [5.74, 6) is 0.540. The van der Waals surface area contributed by atoms with Gasteiger partial charge in [0.2, 0.25) is 5.79 Å². The standard InChI is InChI=1S/C21H34O3/c1-4-13-6-8-16-15-7-5-14-9-12-21(23,24)18(22)20(14,3)17(15)10-11-19(13,16)2/h13-17,23-24H,4-12H2,1-3H3/t13-,14?,15-,16-,17-,19+,20-/m0/s1. The molecule has 4 fully saturated rings. The first-order valence-electron chi connectivity index (χ1n) is 10.2. The molecule has 0 spiro atoms. The number of hydrogen-bond acceptors (Lipinski definition) is 3. The molecule has 0 amide bonds. The maximum atomic E-state index is 13.1. The quantitative estimate of drug-likeness (QED) is 0.715. The van der Waals surface area contributed by atoms with Gasteiger partial charge in [-0.3, -0.25) is 4.79 Å². The number of ketones is 1. The van der Waals surface area contributed by atoms with E-state index >= 15 is 0 Å². The summed E-state index contributed by atoms with van der Waals surface area (Å²) in [6.45, 7) is 6.92. The predicted molar refractivity (Wildman–Crippen MR) is 93.1 cm³/mol. The van der Waals surface area contributed by atoms with Crippen LogP contribution in [0.4, 0.5) is 0 Å². The summed E-state index contributed by atoms with van der Waals surface area (Å²) >= 11 is 0. The first kappa shape index (κ1) is 17.0. The van der Waals surface area contributed by atoms with Gasteiger partial charge in [0.05, 0.1) is 0 Å². The number of aliphatic hydroxyl groups is 2. The van der Waals surface area contributed by atoms with Crippen molar-refractivity contribution >= 4 is 5.78 Å². The summed E-state index contributed by atoms with van der Waals surface area (Å²) < 4.78 is 0. The topological polar surface area (TPSA) is 57.5 Å².